The molecule has 1 saturated carbocycles. The summed E-state index contributed by atoms with van der Waals surface area (Å²) < 4.78 is 0. The van der Waals surface area contributed by atoms with Crippen LogP contribution in [-0.2, 0) is 16.0 Å². The van der Waals surface area contributed by atoms with Gasteiger partial charge >= 0.3 is 5.97 Å². The second-order valence-corrected chi connectivity index (χ2v) is 5.92. The van der Waals surface area contributed by atoms with E-state index in [-0.39, 0.29) is 11.9 Å². The van der Waals surface area contributed by atoms with Gasteiger partial charge in [0.05, 0.1) is 10.9 Å². The molecule has 104 valence electrons. The fourth-order valence-corrected chi connectivity index (χ4v) is 2.57. The number of rotatable bonds is 7. The molecule has 5 nitrogen and oxygen atoms in total. The van der Waals surface area contributed by atoms with Gasteiger partial charge in [0.25, 0.3) is 0 Å². The van der Waals surface area contributed by atoms with Gasteiger partial charge in [0.15, 0.2) is 0 Å². The number of aliphatic carboxylic acids is 1. The molecule has 19 heavy (non-hydrogen) atoms. The van der Waals surface area contributed by atoms with Crippen molar-refractivity contribution in [1.29, 1.82) is 0 Å². The molecule has 0 aliphatic heterocycles. The summed E-state index contributed by atoms with van der Waals surface area (Å²) in [5.41, 5.74) is 0. The van der Waals surface area contributed by atoms with Crippen molar-refractivity contribution in [2.75, 3.05) is 6.54 Å². The number of carbonyl (C=O) groups excluding carboxylic acids is 1. The van der Waals surface area contributed by atoms with Crippen molar-refractivity contribution in [3.05, 3.63) is 16.6 Å². The number of aromatic nitrogens is 1. The molecule has 1 aliphatic carbocycles. The lowest BCUT2D eigenvalue weighted by molar-refractivity contribution is -0.143. The number of amides is 1. The number of nitrogens with zero attached hydrogens (tertiary/aromatic N) is 2. The van der Waals surface area contributed by atoms with Gasteiger partial charge in [-0.25, -0.2) is 4.98 Å². The second kappa shape index (κ2) is 6.14. The van der Waals surface area contributed by atoms with E-state index in [0.29, 0.717) is 19.4 Å². The summed E-state index contributed by atoms with van der Waals surface area (Å²) in [4.78, 5) is 29.0. The zero-order valence-corrected chi connectivity index (χ0v) is 11.7. The van der Waals surface area contributed by atoms with Gasteiger partial charge in [0.2, 0.25) is 5.91 Å². The Labute approximate surface area is 116 Å². The molecule has 2 rings (SSSR count). The van der Waals surface area contributed by atoms with Crippen molar-refractivity contribution < 1.29 is 14.7 Å². The maximum atomic E-state index is 12.2. The van der Waals surface area contributed by atoms with Crippen LogP contribution in [0.3, 0.4) is 0 Å². The van der Waals surface area contributed by atoms with E-state index in [0.717, 1.165) is 17.8 Å². The molecule has 0 radical (unpaired) electrons. The lowest BCUT2D eigenvalue weighted by Gasteiger charge is -2.24. The number of thiazole rings is 1. The third-order valence-electron chi connectivity index (χ3n) is 3.24. The topological polar surface area (TPSA) is 70.5 Å². The summed E-state index contributed by atoms with van der Waals surface area (Å²) in [5, 5.41) is 11.8. The number of carboxylic acids is 1. The van der Waals surface area contributed by atoms with Crippen LogP contribution < -0.4 is 0 Å². The van der Waals surface area contributed by atoms with Gasteiger partial charge in [-0.2, -0.15) is 0 Å². The first-order valence-corrected chi connectivity index (χ1v) is 7.36. The van der Waals surface area contributed by atoms with Crippen molar-refractivity contribution in [3.63, 3.8) is 0 Å². The third kappa shape index (κ3) is 4.02. The molecule has 1 aromatic rings. The summed E-state index contributed by atoms with van der Waals surface area (Å²) in [6, 6.07) is 0.255. The smallest absolute Gasteiger partial charge is 0.308 e. The van der Waals surface area contributed by atoms with Crippen LogP contribution in [0.4, 0.5) is 0 Å². The van der Waals surface area contributed by atoms with E-state index in [1.165, 1.54) is 0 Å². The highest BCUT2D eigenvalue weighted by atomic mass is 32.1. The molecule has 1 unspecified atom stereocenters. The second-order valence-electron chi connectivity index (χ2n) is 4.94. The van der Waals surface area contributed by atoms with Gasteiger partial charge in [0.1, 0.15) is 0 Å². The molecule has 1 heterocycles. The summed E-state index contributed by atoms with van der Waals surface area (Å²) >= 11 is 1.54. The van der Waals surface area contributed by atoms with Crippen LogP contribution in [0.1, 0.15) is 31.2 Å². The van der Waals surface area contributed by atoms with E-state index in [1.807, 2.05) is 5.38 Å². The summed E-state index contributed by atoms with van der Waals surface area (Å²) in [5.74, 6) is -1.31. The van der Waals surface area contributed by atoms with E-state index in [2.05, 4.69) is 4.98 Å². The molecule has 1 N–H and O–H groups in total. The van der Waals surface area contributed by atoms with Gasteiger partial charge in [-0.3, -0.25) is 9.59 Å². The Bertz CT molecular complexity index is 443. The van der Waals surface area contributed by atoms with Crippen molar-refractivity contribution in [2.24, 2.45) is 5.92 Å². The van der Waals surface area contributed by atoms with E-state index < -0.39 is 11.9 Å². The SMILES string of the molecule is CC(CN(C(=O)CCc1nccs1)C1CC1)C(=O)O. The number of aryl methyl sites for hydroxylation is 1. The fraction of sp³-hybridized carbons (Fsp3) is 0.615. The lowest BCUT2D eigenvalue weighted by atomic mass is 10.1. The minimum Gasteiger partial charge on any atom is -0.481 e. The standard InChI is InChI=1S/C13H18N2O3S/c1-9(13(17)18)8-15(10-2-3-10)12(16)5-4-11-14-6-7-19-11/h6-7,9-10H,2-5,8H2,1H3,(H,17,18). The first-order chi connectivity index (χ1) is 9.08. The van der Waals surface area contributed by atoms with Crippen LogP contribution in [0.5, 0.6) is 0 Å². The molecule has 1 atom stereocenters. The maximum absolute atomic E-state index is 12.2. The van der Waals surface area contributed by atoms with Crippen molar-refractivity contribution >= 4 is 23.2 Å². The zero-order chi connectivity index (χ0) is 13.8. The third-order valence-corrected chi connectivity index (χ3v) is 4.08. The Hall–Kier alpha value is -1.43. The molecule has 6 heteroatoms. The van der Waals surface area contributed by atoms with Gasteiger partial charge < -0.3 is 10.0 Å². The lowest BCUT2D eigenvalue weighted by Crippen LogP contribution is -2.38. The zero-order valence-electron chi connectivity index (χ0n) is 10.9. The number of carboxylic acid groups (broad SMARTS) is 1. The summed E-state index contributed by atoms with van der Waals surface area (Å²) in [7, 11) is 0. The average molecular weight is 282 g/mol. The predicted molar refractivity (Wildman–Crippen MR) is 72.0 cm³/mol. The number of hydrogen-bond acceptors (Lipinski definition) is 4. The number of hydrogen-bond donors (Lipinski definition) is 1. The monoisotopic (exact) mass is 282 g/mol. The van der Waals surface area contributed by atoms with Crippen molar-refractivity contribution in [2.45, 2.75) is 38.6 Å². The minimum atomic E-state index is -0.849. The molecule has 1 aromatic heterocycles. The van der Waals surface area contributed by atoms with Crippen molar-refractivity contribution in [1.82, 2.24) is 9.88 Å². The fourth-order valence-electron chi connectivity index (χ4n) is 1.95. The van der Waals surface area contributed by atoms with Crippen molar-refractivity contribution in [3.8, 4) is 0 Å². The van der Waals surface area contributed by atoms with Gasteiger partial charge in [0, 0.05) is 37.0 Å². The molecule has 1 aliphatic rings. The Morgan fingerprint density at radius 2 is 2.32 bits per heavy atom. The number of carbonyl (C=O) groups is 2. The van der Waals surface area contributed by atoms with Crippen LogP contribution in [-0.4, -0.2) is 39.5 Å². The molecule has 0 saturated heterocycles. The summed E-state index contributed by atoms with van der Waals surface area (Å²) in [6.07, 6.45) is 4.78. The molecule has 1 fully saturated rings. The largest absolute Gasteiger partial charge is 0.481 e. The minimum absolute atomic E-state index is 0.0470. The highest BCUT2D eigenvalue weighted by molar-refractivity contribution is 7.09. The van der Waals surface area contributed by atoms with Crippen LogP contribution in [0.25, 0.3) is 0 Å². The first-order valence-electron chi connectivity index (χ1n) is 6.48. The Morgan fingerprint density at radius 1 is 1.58 bits per heavy atom. The van der Waals surface area contributed by atoms with E-state index >= 15 is 0 Å². The molecule has 1 amide bonds. The maximum Gasteiger partial charge on any atom is 0.308 e. The average Bonchev–Trinajstić information content (AvgIpc) is 3.08. The van der Waals surface area contributed by atoms with Crippen LogP contribution in [0, 0.1) is 5.92 Å². The molecule has 0 bridgehead atoms. The van der Waals surface area contributed by atoms with Gasteiger partial charge in [-0.15, -0.1) is 11.3 Å². The molecular weight excluding hydrogens is 264 g/mol. The quantitative estimate of drug-likeness (QED) is 0.827. The van der Waals surface area contributed by atoms with E-state index in [4.69, 9.17) is 5.11 Å². The first kappa shape index (κ1) is 14.0. The van der Waals surface area contributed by atoms with E-state index in [9.17, 15) is 9.59 Å². The van der Waals surface area contributed by atoms with Crippen LogP contribution in [0.15, 0.2) is 11.6 Å². The highest BCUT2D eigenvalue weighted by Crippen LogP contribution is 2.28. The molecule has 0 spiro atoms. The van der Waals surface area contributed by atoms with Crippen LogP contribution in [0.2, 0.25) is 0 Å². The Kier molecular flexibility index (Phi) is 4.52. The Morgan fingerprint density at radius 3 is 2.84 bits per heavy atom. The van der Waals surface area contributed by atoms with Gasteiger partial charge in [-0.1, -0.05) is 6.92 Å². The predicted octanol–water partition coefficient (Wildman–Crippen LogP) is 1.79. The van der Waals surface area contributed by atoms with E-state index in [1.54, 1.807) is 29.4 Å². The molecule has 0 aromatic carbocycles. The van der Waals surface area contributed by atoms with Crippen LogP contribution >= 0.6 is 11.3 Å². The molecular formula is C13H18N2O3S. The highest BCUT2D eigenvalue weighted by Gasteiger charge is 2.34. The van der Waals surface area contributed by atoms with Gasteiger partial charge in [-0.05, 0) is 12.8 Å². The normalized spacial score (nSPS) is 16.1. The Balaban J connectivity index is 1.87. The summed E-state index contributed by atoms with van der Waals surface area (Å²) in [6.45, 7) is 1.96.